The monoisotopic (exact) mass is 730 g/mol. The minimum absolute atomic E-state index is 0. The van der Waals surface area contributed by atoms with Gasteiger partial charge in [-0.2, -0.15) is 0 Å². The molecule has 254 valence electrons. The number of fused-ring (bicyclic) bond motifs is 5. The molecule has 6 rings (SSSR count). The quantitative estimate of drug-likeness (QED) is 0.144. The van der Waals surface area contributed by atoms with Crippen LogP contribution in [0.2, 0.25) is 0 Å². The van der Waals surface area contributed by atoms with Gasteiger partial charge in [-0.1, -0.05) is 71.6 Å². The van der Waals surface area contributed by atoms with Gasteiger partial charge in [0.05, 0.1) is 19.6 Å². The fourth-order valence-corrected chi connectivity index (χ4v) is 12.5. The maximum absolute atomic E-state index is 13.3. The Kier molecular flexibility index (Phi) is 12.1. The van der Waals surface area contributed by atoms with Crippen molar-refractivity contribution >= 4 is 11.6 Å². The Bertz CT molecular complexity index is 1080. The molecule has 5 aliphatic rings. The Morgan fingerprint density at radius 1 is 0.867 bits per heavy atom. The van der Waals surface area contributed by atoms with E-state index in [9.17, 15) is 4.79 Å². The van der Waals surface area contributed by atoms with E-state index < -0.39 is 0 Å². The molecule has 1 unspecified atom stereocenters. The van der Waals surface area contributed by atoms with Gasteiger partial charge in [0.1, 0.15) is 5.69 Å². The number of unbranched alkanes of at least 4 members (excludes halogenated alkanes) is 3. The number of para-hydroxylation sites is 1. The van der Waals surface area contributed by atoms with Crippen LogP contribution >= 0.6 is 0 Å². The molecule has 0 aromatic heterocycles. The number of carbonyl (C=O) groups excluding carboxylic acids is 1. The first kappa shape index (κ1) is 35.7. The van der Waals surface area contributed by atoms with Gasteiger partial charge in [0.15, 0.2) is 0 Å². The van der Waals surface area contributed by atoms with Gasteiger partial charge >= 0.3 is 0 Å². The second-order valence-corrected chi connectivity index (χ2v) is 17.2. The number of quaternary nitrogens is 1. The molecular formula is C41H67IN2O. The Morgan fingerprint density at radius 3 is 2.38 bits per heavy atom. The number of rotatable bonds is 11. The topological polar surface area (TPSA) is 29.1 Å². The summed E-state index contributed by atoms with van der Waals surface area (Å²) in [6.45, 7) is 13.8. The molecule has 0 bridgehead atoms. The minimum Gasteiger partial charge on any atom is -1.00 e. The van der Waals surface area contributed by atoms with Gasteiger partial charge < -0.3 is 29.3 Å². The van der Waals surface area contributed by atoms with E-state index >= 15 is 0 Å². The highest BCUT2D eigenvalue weighted by Gasteiger charge is 2.60. The number of carbonyl (C=O) groups is 1. The average molecular weight is 731 g/mol. The summed E-state index contributed by atoms with van der Waals surface area (Å²) < 4.78 is 1.11. The summed E-state index contributed by atoms with van der Waals surface area (Å²) in [5.74, 6) is 5.71. The second-order valence-electron chi connectivity index (χ2n) is 17.2. The number of halogens is 1. The molecular weight excluding hydrogens is 663 g/mol. The van der Waals surface area contributed by atoms with E-state index in [-0.39, 0.29) is 24.0 Å². The molecule has 1 aliphatic heterocycles. The number of amides is 1. The molecule has 1 heterocycles. The third-order valence-electron chi connectivity index (χ3n) is 15.1. The number of piperidine rings is 1. The zero-order chi connectivity index (χ0) is 30.8. The lowest BCUT2D eigenvalue weighted by molar-refractivity contribution is -0.123. The first-order valence-corrected chi connectivity index (χ1v) is 19.5. The van der Waals surface area contributed by atoms with E-state index in [2.05, 4.69) is 63.3 Å². The van der Waals surface area contributed by atoms with Crippen LogP contribution in [0.5, 0.6) is 0 Å². The van der Waals surface area contributed by atoms with Crippen LogP contribution in [-0.4, -0.2) is 31.6 Å². The van der Waals surface area contributed by atoms with Crippen LogP contribution in [0, 0.1) is 46.3 Å². The number of nitrogens with zero attached hydrogens (tertiary/aromatic N) is 1. The molecule has 5 fully saturated rings. The Hall–Kier alpha value is -0.620. The summed E-state index contributed by atoms with van der Waals surface area (Å²) >= 11 is 0. The minimum atomic E-state index is 0. The van der Waals surface area contributed by atoms with Gasteiger partial charge in [-0.25, -0.2) is 0 Å². The highest BCUT2D eigenvalue weighted by atomic mass is 127. The standard InChI is InChI=1S/C41H66N2O.HI/c1-5-6-7-13-28-43(34-15-9-8-10-16-34)29-24-33(25-30-43)42-39(44)22-17-31(2)36-20-21-37-35-19-18-32-14-11-12-26-40(32,3)38(35)23-27-41(36,37)4;/h8-10,15-16,31-33,35-38H,5-7,11-14,17-30H2,1-4H3;1H/t31-,32?,33?,35+,36-,37+,38+,40+,41-,43?;/m1./s1. The van der Waals surface area contributed by atoms with Crippen LogP contribution in [0.3, 0.4) is 0 Å². The van der Waals surface area contributed by atoms with Crippen molar-refractivity contribution in [3.8, 4) is 0 Å². The maximum atomic E-state index is 13.3. The first-order valence-electron chi connectivity index (χ1n) is 19.5. The zero-order valence-electron chi connectivity index (χ0n) is 29.5. The van der Waals surface area contributed by atoms with Gasteiger partial charge in [-0.3, -0.25) is 9.28 Å². The maximum Gasteiger partial charge on any atom is 0.220 e. The van der Waals surface area contributed by atoms with Crippen molar-refractivity contribution in [2.45, 2.75) is 149 Å². The third-order valence-corrected chi connectivity index (χ3v) is 15.1. The SMILES string of the molecule is CCCCCC[N+]1(c2ccccc2)CCC(NC(=O)CC[C@@H](C)[C@H]2CC[C@H]3[C@@H]4CCC5CCCC[C@]5(C)[C@H]4CC[C@]23C)CC1.[I-]. The molecule has 4 heteroatoms. The Labute approximate surface area is 294 Å². The lowest BCUT2D eigenvalue weighted by atomic mass is 9.44. The zero-order valence-corrected chi connectivity index (χ0v) is 31.7. The van der Waals surface area contributed by atoms with E-state index in [4.69, 9.17) is 0 Å². The molecule has 1 aromatic rings. The van der Waals surface area contributed by atoms with Gasteiger partial charge in [0, 0.05) is 25.3 Å². The van der Waals surface area contributed by atoms with E-state index in [1.54, 1.807) is 0 Å². The van der Waals surface area contributed by atoms with Crippen molar-refractivity contribution in [1.29, 1.82) is 0 Å². The Balaban J connectivity index is 0.00000400. The fraction of sp³-hybridized carbons (Fsp3) is 0.829. The highest BCUT2D eigenvalue weighted by Crippen LogP contribution is 2.68. The molecule has 8 atom stereocenters. The van der Waals surface area contributed by atoms with E-state index in [1.807, 2.05) is 0 Å². The predicted octanol–water partition coefficient (Wildman–Crippen LogP) is 7.32. The van der Waals surface area contributed by atoms with Crippen LogP contribution in [0.15, 0.2) is 30.3 Å². The molecule has 4 saturated carbocycles. The molecule has 1 aromatic carbocycles. The molecule has 1 N–H and O–H groups in total. The third kappa shape index (κ3) is 7.23. The van der Waals surface area contributed by atoms with Gasteiger partial charge in [0.2, 0.25) is 5.91 Å². The lowest BCUT2D eigenvalue weighted by Crippen LogP contribution is -3.00. The van der Waals surface area contributed by atoms with E-state index in [1.165, 1.54) is 102 Å². The molecule has 4 aliphatic carbocycles. The van der Waals surface area contributed by atoms with Gasteiger partial charge in [-0.15, -0.1) is 0 Å². The summed E-state index contributed by atoms with van der Waals surface area (Å²) in [6.07, 6.45) is 24.1. The van der Waals surface area contributed by atoms with Crippen LogP contribution < -0.4 is 33.8 Å². The van der Waals surface area contributed by atoms with Gasteiger partial charge in [0.25, 0.3) is 0 Å². The van der Waals surface area contributed by atoms with Crippen LogP contribution in [-0.2, 0) is 4.79 Å². The molecule has 45 heavy (non-hydrogen) atoms. The van der Waals surface area contributed by atoms with Crippen LogP contribution in [0.25, 0.3) is 0 Å². The molecule has 3 nitrogen and oxygen atoms in total. The molecule has 1 amide bonds. The van der Waals surface area contributed by atoms with Gasteiger partial charge in [-0.05, 0) is 129 Å². The van der Waals surface area contributed by atoms with Crippen LogP contribution in [0.1, 0.15) is 143 Å². The summed E-state index contributed by atoms with van der Waals surface area (Å²) in [7, 11) is 0. The molecule has 1 saturated heterocycles. The predicted molar refractivity (Wildman–Crippen MR) is 186 cm³/mol. The Morgan fingerprint density at radius 2 is 1.62 bits per heavy atom. The fourth-order valence-electron chi connectivity index (χ4n) is 12.5. The largest absolute Gasteiger partial charge is 1.00 e. The second kappa shape index (κ2) is 15.3. The van der Waals surface area contributed by atoms with Crippen molar-refractivity contribution in [1.82, 2.24) is 9.80 Å². The molecule has 0 radical (unpaired) electrons. The normalized spacial score (nSPS) is 39.9. The smallest absolute Gasteiger partial charge is 0.220 e. The van der Waals surface area contributed by atoms with Crippen molar-refractivity contribution < 1.29 is 28.8 Å². The first-order chi connectivity index (χ1) is 21.3. The number of hydrogen-bond donors (Lipinski definition) is 1. The summed E-state index contributed by atoms with van der Waals surface area (Å²) in [5, 5.41) is 3.52. The van der Waals surface area contributed by atoms with Crippen molar-refractivity contribution in [2.75, 3.05) is 19.6 Å². The van der Waals surface area contributed by atoms with Crippen molar-refractivity contribution in [2.24, 2.45) is 46.3 Å². The van der Waals surface area contributed by atoms with Crippen LogP contribution in [0.4, 0.5) is 5.69 Å². The lowest BCUT2D eigenvalue weighted by Gasteiger charge is -2.61. The van der Waals surface area contributed by atoms with Crippen molar-refractivity contribution in [3.63, 3.8) is 0 Å². The highest BCUT2D eigenvalue weighted by molar-refractivity contribution is 5.76. The number of hydrogen-bond acceptors (Lipinski definition) is 1. The van der Waals surface area contributed by atoms with E-state index in [0.717, 1.165) is 72.8 Å². The summed E-state index contributed by atoms with van der Waals surface area (Å²) in [4.78, 5) is 13.3. The average Bonchev–Trinajstić information content (AvgIpc) is 3.40. The summed E-state index contributed by atoms with van der Waals surface area (Å²) in [5.41, 5.74) is 2.62. The molecule has 0 spiro atoms. The summed E-state index contributed by atoms with van der Waals surface area (Å²) in [6, 6.07) is 11.6. The van der Waals surface area contributed by atoms with Crippen molar-refractivity contribution in [3.05, 3.63) is 30.3 Å². The number of benzene rings is 1. The van der Waals surface area contributed by atoms with E-state index in [0.29, 0.717) is 28.7 Å². The number of likely N-dealkylation sites (tertiary alicyclic amines) is 1. The number of nitrogens with one attached hydrogen (secondary N) is 1.